The van der Waals surface area contributed by atoms with E-state index in [0.717, 1.165) is 34.5 Å². The molecule has 0 saturated carbocycles. The first kappa shape index (κ1) is 12.4. The number of aryl methyl sites for hydroxylation is 1. The summed E-state index contributed by atoms with van der Waals surface area (Å²) in [5.74, 6) is 0.664. The van der Waals surface area contributed by atoms with E-state index in [4.69, 9.17) is 10.2 Å². The Kier molecular flexibility index (Phi) is 3.12. The molecule has 0 aliphatic rings. The number of halogens is 1. The van der Waals surface area contributed by atoms with E-state index in [-0.39, 0.29) is 0 Å². The van der Waals surface area contributed by atoms with Gasteiger partial charge in [-0.15, -0.1) is 0 Å². The SMILES string of the molecule is Cc1nc2ccc(-c3nc(Br)[nH]c3CCN)cc2o1. The summed E-state index contributed by atoms with van der Waals surface area (Å²) in [6.45, 7) is 2.41. The summed E-state index contributed by atoms with van der Waals surface area (Å²) in [5.41, 5.74) is 10.2. The van der Waals surface area contributed by atoms with E-state index in [1.807, 2.05) is 25.1 Å². The monoisotopic (exact) mass is 320 g/mol. The first-order valence-corrected chi connectivity index (χ1v) is 6.78. The molecular weight excluding hydrogens is 308 g/mol. The largest absolute Gasteiger partial charge is 0.441 e. The first-order valence-electron chi connectivity index (χ1n) is 5.99. The molecule has 0 atom stereocenters. The zero-order valence-corrected chi connectivity index (χ0v) is 12.0. The highest BCUT2D eigenvalue weighted by Crippen LogP contribution is 2.27. The lowest BCUT2D eigenvalue weighted by Gasteiger charge is -2.01. The summed E-state index contributed by atoms with van der Waals surface area (Å²) in [5, 5.41) is 0. The summed E-state index contributed by atoms with van der Waals surface area (Å²) >= 11 is 3.36. The van der Waals surface area contributed by atoms with Gasteiger partial charge in [-0.1, -0.05) is 6.07 Å². The fourth-order valence-corrected chi connectivity index (χ4v) is 2.55. The number of benzene rings is 1. The number of H-pyrrole nitrogens is 1. The van der Waals surface area contributed by atoms with Crippen molar-refractivity contribution >= 4 is 27.0 Å². The van der Waals surface area contributed by atoms with Crippen LogP contribution in [0.4, 0.5) is 0 Å². The van der Waals surface area contributed by atoms with Crippen LogP contribution in [-0.4, -0.2) is 21.5 Å². The van der Waals surface area contributed by atoms with Crippen LogP contribution in [0.25, 0.3) is 22.4 Å². The number of aromatic amines is 1. The molecule has 2 heterocycles. The van der Waals surface area contributed by atoms with Gasteiger partial charge < -0.3 is 15.1 Å². The van der Waals surface area contributed by atoms with E-state index in [2.05, 4.69) is 30.9 Å². The van der Waals surface area contributed by atoms with E-state index < -0.39 is 0 Å². The Labute approximate surface area is 118 Å². The number of hydrogen-bond acceptors (Lipinski definition) is 4. The second-order valence-corrected chi connectivity index (χ2v) is 5.06. The molecule has 3 aromatic rings. The van der Waals surface area contributed by atoms with Gasteiger partial charge in [-0.2, -0.15) is 0 Å². The van der Waals surface area contributed by atoms with Gasteiger partial charge in [0, 0.05) is 24.6 Å². The lowest BCUT2D eigenvalue weighted by atomic mass is 10.1. The highest BCUT2D eigenvalue weighted by atomic mass is 79.9. The van der Waals surface area contributed by atoms with E-state index in [9.17, 15) is 0 Å². The van der Waals surface area contributed by atoms with Crippen molar-refractivity contribution in [2.45, 2.75) is 13.3 Å². The molecule has 5 nitrogen and oxygen atoms in total. The van der Waals surface area contributed by atoms with Crippen molar-refractivity contribution in [3.8, 4) is 11.3 Å². The van der Waals surface area contributed by atoms with Gasteiger partial charge in [-0.3, -0.25) is 0 Å². The Bertz CT molecular complexity index is 731. The van der Waals surface area contributed by atoms with Crippen LogP contribution in [0.15, 0.2) is 27.3 Å². The first-order chi connectivity index (χ1) is 9.17. The van der Waals surface area contributed by atoms with Crippen LogP contribution < -0.4 is 5.73 Å². The zero-order chi connectivity index (χ0) is 13.4. The van der Waals surface area contributed by atoms with Crippen LogP contribution >= 0.6 is 15.9 Å². The van der Waals surface area contributed by atoms with Crippen molar-refractivity contribution < 1.29 is 4.42 Å². The molecule has 0 spiro atoms. The van der Waals surface area contributed by atoms with Crippen LogP contribution in [0.5, 0.6) is 0 Å². The maximum atomic E-state index is 5.62. The third kappa shape index (κ3) is 2.29. The van der Waals surface area contributed by atoms with Crippen molar-refractivity contribution in [3.63, 3.8) is 0 Å². The third-order valence-electron chi connectivity index (χ3n) is 2.91. The van der Waals surface area contributed by atoms with Crippen molar-refractivity contribution in [1.82, 2.24) is 15.0 Å². The van der Waals surface area contributed by atoms with Crippen molar-refractivity contribution in [1.29, 1.82) is 0 Å². The fraction of sp³-hybridized carbons (Fsp3) is 0.231. The molecule has 0 amide bonds. The summed E-state index contributed by atoms with van der Waals surface area (Å²) < 4.78 is 6.26. The highest BCUT2D eigenvalue weighted by Gasteiger charge is 2.12. The molecule has 3 N–H and O–H groups in total. The predicted octanol–water partition coefficient (Wildman–Crippen LogP) is 2.79. The van der Waals surface area contributed by atoms with Gasteiger partial charge in [-0.05, 0) is 34.6 Å². The smallest absolute Gasteiger partial charge is 0.192 e. The Balaban J connectivity index is 2.12. The van der Waals surface area contributed by atoms with Crippen LogP contribution in [0, 0.1) is 6.92 Å². The molecule has 1 aromatic carbocycles. The number of fused-ring (bicyclic) bond motifs is 1. The minimum atomic E-state index is 0.575. The second-order valence-electron chi connectivity index (χ2n) is 4.31. The van der Waals surface area contributed by atoms with E-state index >= 15 is 0 Å². The summed E-state index contributed by atoms with van der Waals surface area (Å²) in [6.07, 6.45) is 0.751. The zero-order valence-electron chi connectivity index (χ0n) is 10.4. The molecule has 6 heteroatoms. The van der Waals surface area contributed by atoms with Crippen LogP contribution in [0.1, 0.15) is 11.6 Å². The standard InChI is InChI=1S/C13H13BrN4O/c1-7-16-9-3-2-8(6-11(9)19-7)12-10(4-5-15)17-13(14)18-12/h2-3,6H,4-5,15H2,1H3,(H,17,18). The van der Waals surface area contributed by atoms with Crippen LogP contribution in [-0.2, 0) is 6.42 Å². The third-order valence-corrected chi connectivity index (χ3v) is 3.29. The maximum absolute atomic E-state index is 5.62. The van der Waals surface area contributed by atoms with Gasteiger partial charge in [0.05, 0.1) is 5.69 Å². The molecular formula is C13H13BrN4O. The quantitative estimate of drug-likeness (QED) is 0.777. The number of aromatic nitrogens is 3. The molecule has 2 aromatic heterocycles. The number of nitrogens with zero attached hydrogens (tertiary/aromatic N) is 2. The molecule has 19 heavy (non-hydrogen) atoms. The second kappa shape index (κ2) is 4.79. The summed E-state index contributed by atoms with van der Waals surface area (Å²) in [6, 6.07) is 5.89. The summed E-state index contributed by atoms with van der Waals surface area (Å²) in [7, 11) is 0. The predicted molar refractivity (Wildman–Crippen MR) is 76.8 cm³/mol. The van der Waals surface area contributed by atoms with E-state index in [1.54, 1.807) is 0 Å². The van der Waals surface area contributed by atoms with E-state index in [1.165, 1.54) is 0 Å². The Hall–Kier alpha value is -1.66. The number of hydrogen-bond donors (Lipinski definition) is 2. The molecule has 0 aliphatic heterocycles. The maximum Gasteiger partial charge on any atom is 0.192 e. The van der Waals surface area contributed by atoms with Gasteiger partial charge in [0.2, 0.25) is 0 Å². The number of rotatable bonds is 3. The molecule has 0 saturated heterocycles. The molecule has 0 fully saturated rings. The minimum absolute atomic E-state index is 0.575. The molecule has 0 aliphatic carbocycles. The number of nitrogens with one attached hydrogen (secondary N) is 1. The van der Waals surface area contributed by atoms with Gasteiger partial charge in [0.25, 0.3) is 0 Å². The lowest BCUT2D eigenvalue weighted by molar-refractivity contribution is 0.561. The number of oxazole rings is 1. The fourth-order valence-electron chi connectivity index (χ4n) is 2.13. The molecule has 0 bridgehead atoms. The highest BCUT2D eigenvalue weighted by molar-refractivity contribution is 9.10. The molecule has 0 unspecified atom stereocenters. The Morgan fingerprint density at radius 2 is 2.21 bits per heavy atom. The molecule has 3 rings (SSSR count). The molecule has 0 radical (unpaired) electrons. The van der Waals surface area contributed by atoms with Crippen molar-refractivity contribution in [2.75, 3.05) is 6.54 Å². The summed E-state index contributed by atoms with van der Waals surface area (Å²) in [4.78, 5) is 11.9. The Morgan fingerprint density at radius 1 is 1.37 bits per heavy atom. The topological polar surface area (TPSA) is 80.7 Å². The average Bonchev–Trinajstić information content (AvgIpc) is 2.90. The number of nitrogens with two attached hydrogens (primary N) is 1. The van der Waals surface area contributed by atoms with Gasteiger partial charge >= 0.3 is 0 Å². The average molecular weight is 321 g/mol. The normalized spacial score (nSPS) is 11.3. The Morgan fingerprint density at radius 3 is 3.00 bits per heavy atom. The number of imidazole rings is 1. The lowest BCUT2D eigenvalue weighted by Crippen LogP contribution is -2.04. The van der Waals surface area contributed by atoms with Gasteiger partial charge in [0.15, 0.2) is 16.2 Å². The van der Waals surface area contributed by atoms with Crippen LogP contribution in [0.3, 0.4) is 0 Å². The van der Waals surface area contributed by atoms with Gasteiger partial charge in [0.1, 0.15) is 5.52 Å². The molecule has 98 valence electrons. The van der Waals surface area contributed by atoms with Gasteiger partial charge in [-0.25, -0.2) is 9.97 Å². The minimum Gasteiger partial charge on any atom is -0.441 e. The van der Waals surface area contributed by atoms with Crippen molar-refractivity contribution in [3.05, 3.63) is 34.5 Å². The van der Waals surface area contributed by atoms with Crippen molar-refractivity contribution in [2.24, 2.45) is 5.73 Å². The van der Waals surface area contributed by atoms with E-state index in [0.29, 0.717) is 17.2 Å². The van der Waals surface area contributed by atoms with Crippen LogP contribution in [0.2, 0.25) is 0 Å².